The lowest BCUT2D eigenvalue weighted by molar-refractivity contribution is -0.135. The van der Waals surface area contributed by atoms with E-state index in [9.17, 15) is 9.59 Å². The van der Waals surface area contributed by atoms with E-state index in [0.717, 1.165) is 64.6 Å². The molecule has 2 saturated heterocycles. The number of carbonyl (C=O) groups excluding carboxylic acids is 2. The van der Waals surface area contributed by atoms with Crippen molar-refractivity contribution in [1.82, 2.24) is 24.9 Å². The first-order valence-corrected chi connectivity index (χ1v) is 9.70. The molecule has 8 nitrogen and oxygen atoms in total. The van der Waals surface area contributed by atoms with E-state index in [4.69, 9.17) is 0 Å². The van der Waals surface area contributed by atoms with Crippen LogP contribution in [-0.4, -0.2) is 110 Å². The Morgan fingerprint density at radius 2 is 1.63 bits per heavy atom. The van der Waals surface area contributed by atoms with E-state index >= 15 is 0 Å². The molecule has 0 radical (unpaired) electrons. The largest absolute Gasteiger partial charge is 0.357 e. The molecule has 2 rings (SSSR count). The Labute approximate surface area is 180 Å². The van der Waals surface area contributed by atoms with Gasteiger partial charge in [-0.1, -0.05) is 0 Å². The van der Waals surface area contributed by atoms with Crippen LogP contribution in [0.4, 0.5) is 0 Å². The van der Waals surface area contributed by atoms with Crippen molar-refractivity contribution in [1.29, 1.82) is 0 Å². The van der Waals surface area contributed by atoms with Gasteiger partial charge in [-0.25, -0.2) is 4.99 Å². The quantitative estimate of drug-likeness (QED) is 0.338. The number of likely N-dealkylation sites (tertiary alicyclic amines) is 1. The molecule has 2 aliphatic heterocycles. The van der Waals surface area contributed by atoms with Crippen molar-refractivity contribution in [3.63, 3.8) is 0 Å². The number of likely N-dealkylation sites (N-methyl/N-ethyl adjacent to an activating group) is 1. The third-order valence-corrected chi connectivity index (χ3v) is 5.13. The Morgan fingerprint density at radius 3 is 2.15 bits per heavy atom. The van der Waals surface area contributed by atoms with Crippen molar-refractivity contribution < 1.29 is 9.59 Å². The highest BCUT2D eigenvalue weighted by atomic mass is 127. The van der Waals surface area contributed by atoms with Crippen molar-refractivity contribution in [3.05, 3.63) is 0 Å². The summed E-state index contributed by atoms with van der Waals surface area (Å²) in [7, 11) is 3.48. The van der Waals surface area contributed by atoms with Crippen LogP contribution in [0.25, 0.3) is 0 Å². The molecule has 1 N–H and O–H groups in total. The Kier molecular flexibility index (Phi) is 10.4. The summed E-state index contributed by atoms with van der Waals surface area (Å²) in [5.74, 6) is 1.03. The molecule has 0 aromatic rings. The van der Waals surface area contributed by atoms with E-state index in [1.165, 1.54) is 0 Å². The third-order valence-electron chi connectivity index (χ3n) is 5.13. The SMILES string of the molecule is CCNC(=NCC(=O)N(C)C)N1CCN(C(C)C(=O)N2CCCC2)CC1.I. The molecule has 2 heterocycles. The molecule has 0 aromatic carbocycles. The van der Waals surface area contributed by atoms with Gasteiger partial charge in [-0.05, 0) is 26.7 Å². The second-order valence-electron chi connectivity index (χ2n) is 7.19. The first kappa shape index (κ1) is 23.9. The van der Waals surface area contributed by atoms with Crippen molar-refractivity contribution in [2.24, 2.45) is 4.99 Å². The fourth-order valence-electron chi connectivity index (χ4n) is 3.39. The molecule has 0 bridgehead atoms. The van der Waals surface area contributed by atoms with Gasteiger partial charge in [0.05, 0.1) is 6.04 Å². The van der Waals surface area contributed by atoms with Gasteiger partial charge in [0.15, 0.2) is 5.96 Å². The number of hydrogen-bond donors (Lipinski definition) is 1. The minimum atomic E-state index is -0.0647. The maximum Gasteiger partial charge on any atom is 0.243 e. The predicted molar refractivity (Wildman–Crippen MR) is 119 cm³/mol. The van der Waals surface area contributed by atoms with Crippen molar-refractivity contribution in [2.45, 2.75) is 32.7 Å². The van der Waals surface area contributed by atoms with Gasteiger partial charge < -0.3 is 20.0 Å². The number of halogens is 1. The average Bonchev–Trinajstić information content (AvgIpc) is 3.18. The van der Waals surface area contributed by atoms with Crippen LogP contribution in [-0.2, 0) is 9.59 Å². The number of nitrogens with zero attached hydrogens (tertiary/aromatic N) is 5. The Bertz CT molecular complexity index is 514. The van der Waals surface area contributed by atoms with E-state index in [1.807, 2.05) is 18.7 Å². The first-order chi connectivity index (χ1) is 12.4. The molecule has 156 valence electrons. The molecule has 2 aliphatic rings. The summed E-state index contributed by atoms with van der Waals surface area (Å²) in [6.45, 7) is 10.0. The van der Waals surface area contributed by atoms with Crippen molar-refractivity contribution in [2.75, 3.05) is 66.5 Å². The third kappa shape index (κ3) is 6.78. The first-order valence-electron chi connectivity index (χ1n) is 9.70. The zero-order valence-corrected chi connectivity index (χ0v) is 19.4. The smallest absolute Gasteiger partial charge is 0.243 e. The van der Waals surface area contributed by atoms with Crippen LogP contribution >= 0.6 is 24.0 Å². The van der Waals surface area contributed by atoms with Gasteiger partial charge in [0.1, 0.15) is 6.54 Å². The molecule has 2 fully saturated rings. The number of rotatable bonds is 5. The van der Waals surface area contributed by atoms with Gasteiger partial charge in [-0.15, -0.1) is 24.0 Å². The molecule has 0 aliphatic carbocycles. The van der Waals surface area contributed by atoms with Crippen LogP contribution in [0.1, 0.15) is 26.7 Å². The van der Waals surface area contributed by atoms with Gasteiger partial charge in [0, 0.05) is 59.9 Å². The topological polar surface area (TPSA) is 71.5 Å². The zero-order chi connectivity index (χ0) is 19.1. The number of carbonyl (C=O) groups is 2. The fourth-order valence-corrected chi connectivity index (χ4v) is 3.39. The van der Waals surface area contributed by atoms with Gasteiger partial charge >= 0.3 is 0 Å². The van der Waals surface area contributed by atoms with Crippen LogP contribution in [0.2, 0.25) is 0 Å². The molecular weight excluding hydrogens is 459 g/mol. The van der Waals surface area contributed by atoms with E-state index in [-0.39, 0.29) is 48.4 Å². The summed E-state index contributed by atoms with van der Waals surface area (Å²) in [5, 5.41) is 3.27. The minimum absolute atomic E-state index is 0. The number of hydrogen-bond acceptors (Lipinski definition) is 4. The lowest BCUT2D eigenvalue weighted by Gasteiger charge is -2.39. The second kappa shape index (κ2) is 11.7. The van der Waals surface area contributed by atoms with Gasteiger partial charge in [-0.2, -0.15) is 0 Å². The van der Waals surface area contributed by atoms with Crippen LogP contribution in [0, 0.1) is 0 Å². The van der Waals surface area contributed by atoms with Gasteiger partial charge in [-0.3, -0.25) is 14.5 Å². The van der Waals surface area contributed by atoms with Crippen LogP contribution < -0.4 is 5.32 Å². The number of piperazine rings is 1. The van der Waals surface area contributed by atoms with E-state index in [0.29, 0.717) is 0 Å². The predicted octanol–water partition coefficient (Wildman–Crippen LogP) is 0.287. The summed E-state index contributed by atoms with van der Waals surface area (Å²) in [4.78, 5) is 36.8. The Hall–Kier alpha value is -1.10. The summed E-state index contributed by atoms with van der Waals surface area (Å²) in [6.07, 6.45) is 2.25. The minimum Gasteiger partial charge on any atom is -0.357 e. The number of aliphatic imine (C=N–C) groups is 1. The number of nitrogens with one attached hydrogen (secondary N) is 1. The van der Waals surface area contributed by atoms with Crippen LogP contribution in [0.15, 0.2) is 4.99 Å². The molecule has 1 atom stereocenters. The monoisotopic (exact) mass is 494 g/mol. The van der Waals surface area contributed by atoms with Crippen molar-refractivity contribution >= 4 is 41.8 Å². The summed E-state index contributed by atoms with van der Waals surface area (Å²) < 4.78 is 0. The van der Waals surface area contributed by atoms with Gasteiger partial charge in [0.25, 0.3) is 0 Å². The Morgan fingerprint density at radius 1 is 1.04 bits per heavy atom. The highest BCUT2D eigenvalue weighted by molar-refractivity contribution is 14.0. The highest BCUT2D eigenvalue weighted by Crippen LogP contribution is 2.14. The maximum absolute atomic E-state index is 12.6. The molecular formula is C18H35IN6O2. The fraction of sp³-hybridized carbons (Fsp3) is 0.833. The second-order valence-corrected chi connectivity index (χ2v) is 7.19. The van der Waals surface area contributed by atoms with E-state index in [2.05, 4.69) is 20.1 Å². The van der Waals surface area contributed by atoms with Crippen LogP contribution in [0.5, 0.6) is 0 Å². The molecule has 0 aromatic heterocycles. The standard InChI is InChI=1S/C18H34N6O2.HI/c1-5-19-18(20-14-16(25)21(3)4)24-12-10-22(11-13-24)15(2)17(26)23-8-6-7-9-23;/h15H,5-14H2,1-4H3,(H,19,20);1H. The Balaban J connectivity index is 0.00000364. The number of guanidine groups is 1. The molecule has 2 amide bonds. The van der Waals surface area contributed by atoms with Crippen LogP contribution in [0.3, 0.4) is 0 Å². The van der Waals surface area contributed by atoms with E-state index < -0.39 is 0 Å². The zero-order valence-electron chi connectivity index (χ0n) is 17.1. The average molecular weight is 494 g/mol. The van der Waals surface area contributed by atoms with Gasteiger partial charge in [0.2, 0.25) is 11.8 Å². The lowest BCUT2D eigenvalue weighted by atomic mass is 10.2. The lowest BCUT2D eigenvalue weighted by Crippen LogP contribution is -2.57. The summed E-state index contributed by atoms with van der Waals surface area (Å²) in [5.41, 5.74) is 0. The molecule has 9 heteroatoms. The highest BCUT2D eigenvalue weighted by Gasteiger charge is 2.30. The normalized spacial score (nSPS) is 19.5. The molecule has 1 unspecified atom stereocenters. The summed E-state index contributed by atoms with van der Waals surface area (Å²) in [6, 6.07) is -0.0647. The molecule has 0 saturated carbocycles. The number of amides is 2. The van der Waals surface area contributed by atoms with E-state index in [1.54, 1.807) is 19.0 Å². The maximum atomic E-state index is 12.6. The molecule has 27 heavy (non-hydrogen) atoms. The molecule has 0 spiro atoms. The van der Waals surface area contributed by atoms with Crippen molar-refractivity contribution in [3.8, 4) is 0 Å². The summed E-state index contributed by atoms with van der Waals surface area (Å²) >= 11 is 0.